The minimum atomic E-state index is -0.129. The third kappa shape index (κ3) is 2.06. The first-order valence-corrected chi connectivity index (χ1v) is 5.81. The zero-order valence-electron chi connectivity index (χ0n) is 9.46. The van der Waals surface area contributed by atoms with Crippen LogP contribution in [0.5, 0.6) is 0 Å². The summed E-state index contributed by atoms with van der Waals surface area (Å²) in [6.07, 6.45) is 1.89. The van der Waals surface area contributed by atoms with Gasteiger partial charge in [-0.1, -0.05) is 24.9 Å². The molecule has 3 nitrogen and oxygen atoms in total. The number of hydrogen-bond donors (Lipinski definition) is 1. The molecular formula is C12H15ClN2O. The molecule has 1 heterocycles. The Morgan fingerprint density at radius 3 is 2.94 bits per heavy atom. The van der Waals surface area contributed by atoms with E-state index in [1.807, 2.05) is 13.0 Å². The highest BCUT2D eigenvalue weighted by atomic mass is 35.5. The molecule has 0 aliphatic rings. The van der Waals surface area contributed by atoms with Crippen LogP contribution in [0.25, 0.3) is 11.1 Å². The van der Waals surface area contributed by atoms with Crippen molar-refractivity contribution >= 4 is 22.7 Å². The molecule has 86 valence electrons. The lowest BCUT2D eigenvalue weighted by Gasteiger charge is -2.03. The molecule has 1 atom stereocenters. The second-order valence-corrected chi connectivity index (χ2v) is 4.45. The normalized spacial score (nSPS) is 13.2. The molecule has 0 radical (unpaired) electrons. The molecule has 0 fully saturated rings. The third-order valence-corrected chi connectivity index (χ3v) is 2.79. The number of nitrogens with two attached hydrogens (primary N) is 1. The highest BCUT2D eigenvalue weighted by molar-refractivity contribution is 6.31. The van der Waals surface area contributed by atoms with Gasteiger partial charge in [0, 0.05) is 5.02 Å². The van der Waals surface area contributed by atoms with Gasteiger partial charge in [0.25, 0.3) is 0 Å². The molecule has 0 amide bonds. The van der Waals surface area contributed by atoms with E-state index < -0.39 is 0 Å². The minimum Gasteiger partial charge on any atom is -0.439 e. The fraction of sp³-hybridized carbons (Fsp3) is 0.417. The van der Waals surface area contributed by atoms with Gasteiger partial charge in [0.05, 0.1) is 6.04 Å². The summed E-state index contributed by atoms with van der Waals surface area (Å²) in [6, 6.07) is 3.54. The fourth-order valence-corrected chi connectivity index (χ4v) is 2.03. The molecule has 0 aliphatic heterocycles. The Morgan fingerprint density at radius 1 is 1.50 bits per heavy atom. The SMILES string of the molecule is CCCC(N)c1nc2cc(Cl)cc(C)c2o1. The highest BCUT2D eigenvalue weighted by Crippen LogP contribution is 2.26. The Bertz CT molecular complexity index is 507. The molecular weight excluding hydrogens is 224 g/mol. The van der Waals surface area contributed by atoms with Gasteiger partial charge in [-0.3, -0.25) is 0 Å². The molecule has 0 aliphatic carbocycles. The zero-order chi connectivity index (χ0) is 11.7. The predicted molar refractivity (Wildman–Crippen MR) is 65.6 cm³/mol. The Balaban J connectivity index is 2.47. The van der Waals surface area contributed by atoms with Gasteiger partial charge < -0.3 is 10.2 Å². The first-order chi connectivity index (χ1) is 7.61. The van der Waals surface area contributed by atoms with E-state index in [0.717, 1.165) is 29.5 Å². The summed E-state index contributed by atoms with van der Waals surface area (Å²) in [5.41, 5.74) is 8.53. The molecule has 0 bridgehead atoms. The molecule has 1 aromatic carbocycles. The molecule has 1 aromatic heterocycles. The van der Waals surface area contributed by atoms with Gasteiger partial charge in [0.15, 0.2) is 5.58 Å². The van der Waals surface area contributed by atoms with E-state index in [1.54, 1.807) is 6.07 Å². The van der Waals surface area contributed by atoms with Crippen LogP contribution >= 0.6 is 11.6 Å². The number of aromatic nitrogens is 1. The smallest absolute Gasteiger partial charge is 0.212 e. The van der Waals surface area contributed by atoms with Crippen LogP contribution in [-0.2, 0) is 0 Å². The van der Waals surface area contributed by atoms with E-state index in [0.29, 0.717) is 10.9 Å². The van der Waals surface area contributed by atoms with Crippen molar-refractivity contribution in [3.8, 4) is 0 Å². The molecule has 2 N–H and O–H groups in total. The lowest BCUT2D eigenvalue weighted by atomic mass is 10.2. The number of oxazole rings is 1. The van der Waals surface area contributed by atoms with E-state index in [9.17, 15) is 0 Å². The van der Waals surface area contributed by atoms with Gasteiger partial charge in [0.2, 0.25) is 5.89 Å². The fourth-order valence-electron chi connectivity index (χ4n) is 1.77. The van der Waals surface area contributed by atoms with Crippen LogP contribution in [0, 0.1) is 6.92 Å². The minimum absolute atomic E-state index is 0.129. The Morgan fingerprint density at radius 2 is 2.25 bits per heavy atom. The summed E-state index contributed by atoms with van der Waals surface area (Å²) in [4.78, 5) is 4.38. The van der Waals surface area contributed by atoms with Crippen LogP contribution in [0.3, 0.4) is 0 Å². The maximum absolute atomic E-state index is 5.97. The van der Waals surface area contributed by atoms with Gasteiger partial charge in [-0.05, 0) is 31.0 Å². The second-order valence-electron chi connectivity index (χ2n) is 4.02. The number of halogens is 1. The van der Waals surface area contributed by atoms with Crippen molar-refractivity contribution in [3.63, 3.8) is 0 Å². The summed E-state index contributed by atoms with van der Waals surface area (Å²) in [7, 11) is 0. The van der Waals surface area contributed by atoms with E-state index in [1.165, 1.54) is 0 Å². The third-order valence-electron chi connectivity index (χ3n) is 2.57. The van der Waals surface area contributed by atoms with Gasteiger partial charge in [-0.15, -0.1) is 0 Å². The van der Waals surface area contributed by atoms with Gasteiger partial charge in [-0.2, -0.15) is 0 Å². The van der Waals surface area contributed by atoms with Crippen LogP contribution in [0.4, 0.5) is 0 Å². The van der Waals surface area contributed by atoms with Crippen molar-refractivity contribution in [1.29, 1.82) is 0 Å². The molecule has 2 rings (SSSR count). The summed E-state index contributed by atoms with van der Waals surface area (Å²) < 4.78 is 5.67. The van der Waals surface area contributed by atoms with Crippen LogP contribution in [0.1, 0.15) is 37.3 Å². The summed E-state index contributed by atoms with van der Waals surface area (Å²) in [5.74, 6) is 0.599. The summed E-state index contributed by atoms with van der Waals surface area (Å²) in [6.45, 7) is 4.04. The number of aryl methyl sites for hydroxylation is 1. The molecule has 2 aromatic rings. The number of nitrogens with zero attached hydrogens (tertiary/aromatic N) is 1. The first-order valence-electron chi connectivity index (χ1n) is 5.44. The largest absolute Gasteiger partial charge is 0.439 e. The molecule has 1 unspecified atom stereocenters. The van der Waals surface area contributed by atoms with Crippen LogP contribution in [0.2, 0.25) is 5.02 Å². The van der Waals surface area contributed by atoms with E-state index in [-0.39, 0.29) is 6.04 Å². The van der Waals surface area contributed by atoms with Crippen molar-refractivity contribution in [2.75, 3.05) is 0 Å². The second kappa shape index (κ2) is 4.44. The molecule has 0 saturated heterocycles. The maximum atomic E-state index is 5.97. The highest BCUT2D eigenvalue weighted by Gasteiger charge is 2.14. The van der Waals surface area contributed by atoms with Crippen molar-refractivity contribution in [1.82, 2.24) is 4.98 Å². The Hall–Kier alpha value is -1.06. The van der Waals surface area contributed by atoms with E-state index in [4.69, 9.17) is 21.8 Å². The predicted octanol–water partition coefficient (Wildman–Crippen LogP) is 3.59. The Labute approximate surface area is 99.6 Å². The van der Waals surface area contributed by atoms with E-state index >= 15 is 0 Å². The number of fused-ring (bicyclic) bond motifs is 1. The average molecular weight is 239 g/mol. The van der Waals surface area contributed by atoms with Crippen LogP contribution < -0.4 is 5.73 Å². The summed E-state index contributed by atoms with van der Waals surface area (Å²) >= 11 is 5.96. The lowest BCUT2D eigenvalue weighted by molar-refractivity contribution is 0.456. The van der Waals surface area contributed by atoms with Gasteiger partial charge >= 0.3 is 0 Å². The summed E-state index contributed by atoms with van der Waals surface area (Å²) in [5, 5.41) is 0.675. The van der Waals surface area contributed by atoms with Gasteiger partial charge in [0.1, 0.15) is 5.52 Å². The zero-order valence-corrected chi connectivity index (χ0v) is 10.2. The van der Waals surface area contributed by atoms with Crippen molar-refractivity contribution < 1.29 is 4.42 Å². The number of benzene rings is 1. The topological polar surface area (TPSA) is 52.0 Å². The maximum Gasteiger partial charge on any atom is 0.212 e. The molecule has 4 heteroatoms. The lowest BCUT2D eigenvalue weighted by Crippen LogP contribution is -2.09. The molecule has 0 saturated carbocycles. The van der Waals surface area contributed by atoms with Crippen molar-refractivity contribution in [2.45, 2.75) is 32.7 Å². The average Bonchev–Trinajstić information content (AvgIpc) is 2.62. The quantitative estimate of drug-likeness (QED) is 0.889. The first kappa shape index (κ1) is 11.4. The monoisotopic (exact) mass is 238 g/mol. The van der Waals surface area contributed by atoms with E-state index in [2.05, 4.69) is 11.9 Å². The molecule has 0 spiro atoms. The number of hydrogen-bond acceptors (Lipinski definition) is 3. The van der Waals surface area contributed by atoms with Gasteiger partial charge in [-0.25, -0.2) is 4.98 Å². The number of rotatable bonds is 3. The van der Waals surface area contributed by atoms with Crippen LogP contribution in [-0.4, -0.2) is 4.98 Å². The standard InChI is InChI=1S/C12H15ClN2O/c1-3-4-9(14)12-15-10-6-8(13)5-7(2)11(10)16-12/h5-6,9H,3-4,14H2,1-2H3. The van der Waals surface area contributed by atoms with Crippen molar-refractivity contribution in [2.24, 2.45) is 5.73 Å². The Kier molecular flexibility index (Phi) is 3.17. The van der Waals surface area contributed by atoms with Crippen molar-refractivity contribution in [3.05, 3.63) is 28.6 Å². The molecule has 16 heavy (non-hydrogen) atoms. The van der Waals surface area contributed by atoms with Crippen LogP contribution in [0.15, 0.2) is 16.5 Å².